The third-order valence-electron chi connectivity index (χ3n) is 2.15. The lowest BCUT2D eigenvalue weighted by atomic mass is 9.97. The predicted octanol–water partition coefficient (Wildman–Crippen LogP) is 3.12. The first-order valence-electron chi connectivity index (χ1n) is 4.35. The zero-order valence-corrected chi connectivity index (χ0v) is 8.64. The number of rotatable bonds is 3. The molecule has 0 aromatic rings. The van der Waals surface area contributed by atoms with Gasteiger partial charge in [-0.15, -0.1) is 0 Å². The summed E-state index contributed by atoms with van der Waals surface area (Å²) >= 11 is 0. The van der Waals surface area contributed by atoms with Crippen LogP contribution in [-0.4, -0.2) is 5.78 Å². The summed E-state index contributed by atoms with van der Waals surface area (Å²) in [6.45, 7) is 9.96. The molecule has 0 radical (unpaired) electrons. The Kier molecular flexibility index (Phi) is 4.57. The molecule has 0 spiro atoms. The summed E-state index contributed by atoms with van der Waals surface area (Å²) in [5.41, 5.74) is 2.06. The highest BCUT2D eigenvalue weighted by Crippen LogP contribution is 2.14. The third kappa shape index (κ3) is 3.04. The zero-order valence-electron chi connectivity index (χ0n) is 8.64. The van der Waals surface area contributed by atoms with E-state index in [1.165, 1.54) is 5.57 Å². The number of hydrogen-bond acceptors (Lipinski definition) is 1. The second-order valence-electron chi connectivity index (χ2n) is 3.33. The SMILES string of the molecule is C/C=C\C(=O)/C(C)=C(\C)C(C)C. The lowest BCUT2D eigenvalue weighted by Crippen LogP contribution is -2.01. The van der Waals surface area contributed by atoms with Gasteiger partial charge in [-0.3, -0.25) is 4.79 Å². The lowest BCUT2D eigenvalue weighted by molar-refractivity contribution is -0.111. The minimum absolute atomic E-state index is 0.128. The Morgan fingerprint density at radius 1 is 1.25 bits per heavy atom. The van der Waals surface area contributed by atoms with Gasteiger partial charge in [-0.2, -0.15) is 0 Å². The summed E-state index contributed by atoms with van der Waals surface area (Å²) in [5, 5.41) is 0. The zero-order chi connectivity index (χ0) is 9.72. The summed E-state index contributed by atoms with van der Waals surface area (Å²) in [6, 6.07) is 0. The van der Waals surface area contributed by atoms with E-state index in [0.717, 1.165) is 5.57 Å². The van der Waals surface area contributed by atoms with Crippen LogP contribution < -0.4 is 0 Å². The van der Waals surface area contributed by atoms with Crippen LogP contribution in [0.2, 0.25) is 0 Å². The van der Waals surface area contributed by atoms with Crippen molar-refractivity contribution in [1.82, 2.24) is 0 Å². The van der Waals surface area contributed by atoms with E-state index in [-0.39, 0.29) is 5.78 Å². The van der Waals surface area contributed by atoms with E-state index in [4.69, 9.17) is 0 Å². The second kappa shape index (κ2) is 4.91. The van der Waals surface area contributed by atoms with Crippen molar-refractivity contribution in [2.45, 2.75) is 34.6 Å². The Labute approximate surface area is 75.2 Å². The van der Waals surface area contributed by atoms with Gasteiger partial charge >= 0.3 is 0 Å². The van der Waals surface area contributed by atoms with Crippen molar-refractivity contribution in [3.8, 4) is 0 Å². The van der Waals surface area contributed by atoms with Crippen LogP contribution in [0.1, 0.15) is 34.6 Å². The number of carbonyl (C=O) groups excluding carboxylic acids is 1. The highest BCUT2D eigenvalue weighted by molar-refractivity contribution is 6.03. The Hall–Kier alpha value is -0.850. The van der Waals surface area contributed by atoms with E-state index in [9.17, 15) is 4.79 Å². The summed E-state index contributed by atoms with van der Waals surface area (Å²) < 4.78 is 0. The molecule has 1 heteroatoms. The number of ketones is 1. The summed E-state index contributed by atoms with van der Waals surface area (Å²) in [7, 11) is 0. The minimum atomic E-state index is 0.128. The van der Waals surface area contributed by atoms with Crippen molar-refractivity contribution < 1.29 is 4.79 Å². The largest absolute Gasteiger partial charge is 0.290 e. The normalized spacial score (nSPS) is 13.8. The number of allylic oxidation sites excluding steroid dienone is 4. The highest BCUT2D eigenvalue weighted by atomic mass is 16.1. The molecule has 0 aromatic heterocycles. The molecule has 0 amide bonds. The molecule has 0 aliphatic rings. The van der Waals surface area contributed by atoms with Crippen molar-refractivity contribution in [1.29, 1.82) is 0 Å². The van der Waals surface area contributed by atoms with Crippen LogP contribution >= 0.6 is 0 Å². The molecule has 12 heavy (non-hydrogen) atoms. The quantitative estimate of drug-likeness (QED) is 0.589. The monoisotopic (exact) mass is 166 g/mol. The van der Waals surface area contributed by atoms with E-state index >= 15 is 0 Å². The minimum Gasteiger partial charge on any atom is -0.290 e. The first kappa shape index (κ1) is 11.2. The van der Waals surface area contributed by atoms with Crippen LogP contribution in [-0.2, 0) is 4.79 Å². The van der Waals surface area contributed by atoms with Gasteiger partial charge in [-0.25, -0.2) is 0 Å². The van der Waals surface area contributed by atoms with Gasteiger partial charge in [0.1, 0.15) is 0 Å². The van der Waals surface area contributed by atoms with Crippen LogP contribution in [0.4, 0.5) is 0 Å². The summed E-state index contributed by atoms with van der Waals surface area (Å²) in [4.78, 5) is 11.3. The van der Waals surface area contributed by atoms with Crippen molar-refractivity contribution in [2.75, 3.05) is 0 Å². The first-order chi connectivity index (χ1) is 5.50. The molecule has 0 rings (SSSR count). The van der Waals surface area contributed by atoms with Crippen LogP contribution in [0.15, 0.2) is 23.3 Å². The van der Waals surface area contributed by atoms with Gasteiger partial charge in [0.05, 0.1) is 0 Å². The Balaban J connectivity index is 4.66. The van der Waals surface area contributed by atoms with Crippen molar-refractivity contribution >= 4 is 5.78 Å². The molecule has 0 saturated heterocycles. The van der Waals surface area contributed by atoms with Crippen molar-refractivity contribution in [2.24, 2.45) is 5.92 Å². The van der Waals surface area contributed by atoms with Crippen molar-refractivity contribution in [3.63, 3.8) is 0 Å². The maximum atomic E-state index is 11.3. The maximum absolute atomic E-state index is 11.3. The van der Waals surface area contributed by atoms with E-state index < -0.39 is 0 Å². The van der Waals surface area contributed by atoms with E-state index in [2.05, 4.69) is 13.8 Å². The molecule has 0 bridgehead atoms. The predicted molar refractivity (Wildman–Crippen MR) is 53.0 cm³/mol. The molecule has 0 unspecified atom stereocenters. The van der Waals surface area contributed by atoms with Crippen LogP contribution in [0.25, 0.3) is 0 Å². The van der Waals surface area contributed by atoms with E-state index in [1.54, 1.807) is 12.2 Å². The fraction of sp³-hybridized carbons (Fsp3) is 0.545. The number of carbonyl (C=O) groups is 1. The second-order valence-corrected chi connectivity index (χ2v) is 3.33. The van der Waals surface area contributed by atoms with Gasteiger partial charge in [0, 0.05) is 0 Å². The van der Waals surface area contributed by atoms with Crippen LogP contribution in [0, 0.1) is 5.92 Å². The lowest BCUT2D eigenvalue weighted by Gasteiger charge is -2.08. The summed E-state index contributed by atoms with van der Waals surface area (Å²) in [5.74, 6) is 0.586. The smallest absolute Gasteiger partial charge is 0.181 e. The van der Waals surface area contributed by atoms with Crippen LogP contribution in [0.5, 0.6) is 0 Å². The third-order valence-corrected chi connectivity index (χ3v) is 2.15. The fourth-order valence-corrected chi connectivity index (χ4v) is 0.904. The molecule has 0 N–H and O–H groups in total. The highest BCUT2D eigenvalue weighted by Gasteiger charge is 2.06. The Bertz CT molecular complexity index is 219. The topological polar surface area (TPSA) is 17.1 Å². The molecule has 0 heterocycles. The van der Waals surface area contributed by atoms with Gasteiger partial charge < -0.3 is 0 Å². The molecule has 0 atom stereocenters. The van der Waals surface area contributed by atoms with E-state index in [1.807, 2.05) is 20.8 Å². The standard InChI is InChI=1S/C11H18O/c1-6-7-11(12)10(5)9(4)8(2)3/h6-8H,1-5H3/b7-6-,10-9+. The van der Waals surface area contributed by atoms with Gasteiger partial charge in [-0.1, -0.05) is 25.5 Å². The molecular weight excluding hydrogens is 148 g/mol. The molecule has 0 aliphatic carbocycles. The van der Waals surface area contributed by atoms with Gasteiger partial charge in [0.15, 0.2) is 5.78 Å². The van der Waals surface area contributed by atoms with Crippen LogP contribution in [0.3, 0.4) is 0 Å². The molecule has 1 nitrogen and oxygen atoms in total. The average molecular weight is 166 g/mol. The maximum Gasteiger partial charge on any atom is 0.181 e. The van der Waals surface area contributed by atoms with Crippen molar-refractivity contribution in [3.05, 3.63) is 23.3 Å². The average Bonchev–Trinajstić information content (AvgIpc) is 2.02. The van der Waals surface area contributed by atoms with Gasteiger partial charge in [-0.05, 0) is 38.3 Å². The molecule has 0 aliphatic heterocycles. The molecule has 0 aromatic carbocycles. The Morgan fingerprint density at radius 3 is 2.08 bits per heavy atom. The molecule has 0 saturated carbocycles. The molecule has 68 valence electrons. The molecule has 0 fully saturated rings. The van der Waals surface area contributed by atoms with Gasteiger partial charge in [0.2, 0.25) is 0 Å². The fourth-order valence-electron chi connectivity index (χ4n) is 0.904. The number of hydrogen-bond donors (Lipinski definition) is 0. The van der Waals surface area contributed by atoms with Gasteiger partial charge in [0.25, 0.3) is 0 Å². The Morgan fingerprint density at radius 2 is 1.75 bits per heavy atom. The first-order valence-corrected chi connectivity index (χ1v) is 4.35. The summed E-state index contributed by atoms with van der Waals surface area (Å²) in [6.07, 6.45) is 3.39. The van der Waals surface area contributed by atoms with E-state index in [0.29, 0.717) is 5.92 Å². The molecular formula is C11H18O.